The molecule has 0 amide bonds. The molecule has 0 radical (unpaired) electrons. The SMILES string of the molecule is CCCCCCCCCCCCCCCCCCOP(=O)(OC)OCC. The Morgan fingerprint density at radius 1 is 0.577 bits per heavy atom. The van der Waals surface area contributed by atoms with Crippen LogP contribution in [0.15, 0.2) is 0 Å². The molecule has 0 heterocycles. The number of unbranched alkanes of at least 4 members (excludes halogenated alkanes) is 15. The third-order valence-electron chi connectivity index (χ3n) is 4.76. The summed E-state index contributed by atoms with van der Waals surface area (Å²) in [6.07, 6.45) is 21.4. The summed E-state index contributed by atoms with van der Waals surface area (Å²) in [5.41, 5.74) is 0. The highest BCUT2D eigenvalue weighted by Crippen LogP contribution is 2.48. The van der Waals surface area contributed by atoms with Crippen molar-refractivity contribution < 1.29 is 18.1 Å². The fraction of sp³-hybridized carbons (Fsp3) is 1.00. The highest BCUT2D eigenvalue weighted by Gasteiger charge is 2.23. The van der Waals surface area contributed by atoms with Gasteiger partial charge in [-0.15, -0.1) is 0 Å². The molecule has 158 valence electrons. The van der Waals surface area contributed by atoms with Crippen molar-refractivity contribution in [1.82, 2.24) is 0 Å². The highest BCUT2D eigenvalue weighted by atomic mass is 31.2. The van der Waals surface area contributed by atoms with Crippen molar-refractivity contribution in [2.24, 2.45) is 0 Å². The first kappa shape index (κ1) is 26.1. The maximum Gasteiger partial charge on any atom is 0.474 e. The van der Waals surface area contributed by atoms with Gasteiger partial charge in [0, 0.05) is 7.11 Å². The van der Waals surface area contributed by atoms with E-state index in [1.54, 1.807) is 6.92 Å². The van der Waals surface area contributed by atoms with Gasteiger partial charge in [-0.25, -0.2) is 4.57 Å². The average molecular weight is 393 g/mol. The summed E-state index contributed by atoms with van der Waals surface area (Å²) < 4.78 is 27.0. The predicted molar refractivity (Wildman–Crippen MR) is 112 cm³/mol. The van der Waals surface area contributed by atoms with E-state index < -0.39 is 7.82 Å². The molecule has 0 rings (SSSR count). The molecule has 0 saturated carbocycles. The lowest BCUT2D eigenvalue weighted by atomic mass is 10.0. The Morgan fingerprint density at radius 3 is 1.31 bits per heavy atom. The third-order valence-corrected chi connectivity index (χ3v) is 6.28. The van der Waals surface area contributed by atoms with Crippen LogP contribution >= 0.6 is 7.82 Å². The van der Waals surface area contributed by atoms with Crippen molar-refractivity contribution in [3.8, 4) is 0 Å². The van der Waals surface area contributed by atoms with Gasteiger partial charge in [0.05, 0.1) is 13.2 Å². The number of hydrogen-bond donors (Lipinski definition) is 0. The summed E-state index contributed by atoms with van der Waals surface area (Å²) in [5.74, 6) is 0. The van der Waals surface area contributed by atoms with Crippen LogP contribution in [0, 0.1) is 0 Å². The molecule has 4 nitrogen and oxygen atoms in total. The van der Waals surface area contributed by atoms with E-state index in [2.05, 4.69) is 6.92 Å². The Kier molecular flexibility index (Phi) is 19.9. The third kappa shape index (κ3) is 17.5. The first-order chi connectivity index (χ1) is 12.7. The second kappa shape index (κ2) is 19.9. The molecule has 0 aromatic heterocycles. The predicted octanol–water partition coefficient (Wildman–Crippen LogP) is 8.06. The molecule has 1 unspecified atom stereocenters. The molecule has 26 heavy (non-hydrogen) atoms. The summed E-state index contributed by atoms with van der Waals surface area (Å²) in [7, 11) is -1.92. The molecule has 0 aliphatic rings. The van der Waals surface area contributed by atoms with E-state index in [0.29, 0.717) is 13.2 Å². The number of phosphoric acid groups is 1. The minimum Gasteiger partial charge on any atom is -0.290 e. The first-order valence-corrected chi connectivity index (χ1v) is 12.6. The Bertz CT molecular complexity index is 323. The van der Waals surface area contributed by atoms with Gasteiger partial charge in [0.2, 0.25) is 0 Å². The second-order valence-corrected chi connectivity index (χ2v) is 8.96. The molecule has 1 atom stereocenters. The minimum absolute atomic E-state index is 0.337. The zero-order chi connectivity index (χ0) is 19.3. The van der Waals surface area contributed by atoms with E-state index in [1.165, 1.54) is 97.0 Å². The van der Waals surface area contributed by atoms with Crippen LogP contribution in [-0.2, 0) is 18.1 Å². The fourth-order valence-corrected chi connectivity index (χ4v) is 4.08. The van der Waals surface area contributed by atoms with Crippen LogP contribution in [0.2, 0.25) is 0 Å². The molecule has 0 bridgehead atoms. The van der Waals surface area contributed by atoms with Gasteiger partial charge in [-0.3, -0.25) is 13.6 Å². The molecule has 0 aromatic rings. The van der Waals surface area contributed by atoms with Crippen molar-refractivity contribution >= 4 is 7.82 Å². The summed E-state index contributed by atoms with van der Waals surface area (Å²) in [6.45, 7) is 4.84. The second-order valence-electron chi connectivity index (χ2n) is 7.18. The molecule has 0 aliphatic heterocycles. The van der Waals surface area contributed by atoms with Gasteiger partial charge in [-0.1, -0.05) is 103 Å². The Morgan fingerprint density at radius 2 is 0.962 bits per heavy atom. The standard InChI is InChI=1S/C21H45O4P/c1-4-6-7-8-9-10-11-12-13-14-15-16-17-18-19-20-21-25-26(22,23-3)24-5-2/h4-21H2,1-3H3. The zero-order valence-electron chi connectivity index (χ0n) is 17.8. The molecule has 0 aromatic carbocycles. The number of hydrogen-bond acceptors (Lipinski definition) is 4. The minimum atomic E-state index is -3.29. The van der Waals surface area contributed by atoms with Gasteiger partial charge in [-0.2, -0.15) is 0 Å². The first-order valence-electron chi connectivity index (χ1n) is 11.1. The van der Waals surface area contributed by atoms with Crippen molar-refractivity contribution in [3.05, 3.63) is 0 Å². The number of phosphoric ester groups is 1. The maximum atomic E-state index is 11.9. The van der Waals surface area contributed by atoms with Gasteiger partial charge in [-0.05, 0) is 13.3 Å². The molecule has 0 N–H and O–H groups in total. The van der Waals surface area contributed by atoms with Crippen molar-refractivity contribution in [2.75, 3.05) is 20.3 Å². The monoisotopic (exact) mass is 392 g/mol. The van der Waals surface area contributed by atoms with Crippen LogP contribution in [-0.4, -0.2) is 20.3 Å². The summed E-state index contributed by atoms with van der Waals surface area (Å²) in [5, 5.41) is 0. The molecular weight excluding hydrogens is 347 g/mol. The van der Waals surface area contributed by atoms with E-state index in [-0.39, 0.29) is 0 Å². The van der Waals surface area contributed by atoms with Gasteiger partial charge in [0.1, 0.15) is 0 Å². The molecule has 5 heteroatoms. The van der Waals surface area contributed by atoms with Crippen LogP contribution in [0.25, 0.3) is 0 Å². The van der Waals surface area contributed by atoms with Gasteiger partial charge in [0.15, 0.2) is 0 Å². The average Bonchev–Trinajstić information content (AvgIpc) is 2.64. The maximum absolute atomic E-state index is 11.9. The largest absolute Gasteiger partial charge is 0.474 e. The highest BCUT2D eigenvalue weighted by molar-refractivity contribution is 7.48. The summed E-state index contributed by atoms with van der Waals surface area (Å²) >= 11 is 0. The quantitative estimate of drug-likeness (QED) is 0.146. The van der Waals surface area contributed by atoms with E-state index in [4.69, 9.17) is 13.6 Å². The molecule has 0 aliphatic carbocycles. The number of rotatable bonds is 21. The summed E-state index contributed by atoms with van der Waals surface area (Å²) in [4.78, 5) is 0. The van der Waals surface area contributed by atoms with Gasteiger partial charge < -0.3 is 0 Å². The van der Waals surface area contributed by atoms with Gasteiger partial charge in [0.25, 0.3) is 0 Å². The van der Waals surface area contributed by atoms with Crippen molar-refractivity contribution in [3.63, 3.8) is 0 Å². The van der Waals surface area contributed by atoms with Crippen LogP contribution in [0.4, 0.5) is 0 Å². The molecular formula is C21H45O4P. The van der Waals surface area contributed by atoms with Gasteiger partial charge >= 0.3 is 7.82 Å². The van der Waals surface area contributed by atoms with Crippen LogP contribution in [0.5, 0.6) is 0 Å². The van der Waals surface area contributed by atoms with Crippen molar-refractivity contribution in [1.29, 1.82) is 0 Å². The normalized spacial score (nSPS) is 13.8. The van der Waals surface area contributed by atoms with Crippen LogP contribution < -0.4 is 0 Å². The van der Waals surface area contributed by atoms with E-state index in [9.17, 15) is 4.57 Å². The smallest absolute Gasteiger partial charge is 0.290 e. The lowest BCUT2D eigenvalue weighted by Crippen LogP contribution is -1.99. The zero-order valence-corrected chi connectivity index (χ0v) is 18.7. The van der Waals surface area contributed by atoms with Crippen LogP contribution in [0.1, 0.15) is 117 Å². The van der Waals surface area contributed by atoms with Crippen LogP contribution in [0.3, 0.4) is 0 Å². The summed E-state index contributed by atoms with van der Waals surface area (Å²) in [6, 6.07) is 0. The Hall–Kier alpha value is 0.110. The molecule has 0 saturated heterocycles. The Balaban J connectivity index is 3.19. The molecule has 0 spiro atoms. The lowest BCUT2D eigenvalue weighted by Gasteiger charge is -2.14. The lowest BCUT2D eigenvalue weighted by molar-refractivity contribution is 0.134. The van der Waals surface area contributed by atoms with Crippen molar-refractivity contribution in [2.45, 2.75) is 117 Å². The van der Waals surface area contributed by atoms with E-state index in [1.807, 2.05) is 0 Å². The van der Waals surface area contributed by atoms with E-state index in [0.717, 1.165) is 12.8 Å². The fourth-order valence-electron chi connectivity index (χ4n) is 3.13. The Labute approximate surface area is 163 Å². The molecule has 0 fully saturated rings. The van der Waals surface area contributed by atoms with E-state index >= 15 is 0 Å². The topological polar surface area (TPSA) is 44.8 Å².